The van der Waals surface area contributed by atoms with Gasteiger partial charge < -0.3 is 15.5 Å². The van der Waals surface area contributed by atoms with Crippen molar-refractivity contribution < 1.29 is 9.21 Å². The van der Waals surface area contributed by atoms with Crippen LogP contribution < -0.4 is 16.0 Å². The molecule has 37 heavy (non-hydrogen) atoms. The molecular weight excluding hydrogens is 464 g/mol. The Kier molecular flexibility index (Phi) is 5.76. The van der Waals surface area contributed by atoms with Crippen molar-refractivity contribution in [2.75, 3.05) is 10.2 Å². The lowest BCUT2D eigenvalue weighted by atomic mass is 10.1. The number of nitrogens with zero attached hydrogens (tertiary/aromatic N) is 4. The molecule has 0 bridgehead atoms. The fourth-order valence-electron chi connectivity index (χ4n) is 4.35. The Balaban J connectivity index is 1.38. The molecule has 1 amide bonds. The van der Waals surface area contributed by atoms with Crippen molar-refractivity contribution in [1.29, 1.82) is 0 Å². The number of anilines is 4. The maximum atomic E-state index is 12.8. The van der Waals surface area contributed by atoms with Gasteiger partial charge in [0, 0.05) is 46.6 Å². The van der Waals surface area contributed by atoms with Crippen molar-refractivity contribution in [2.24, 2.45) is 5.73 Å². The fourth-order valence-corrected chi connectivity index (χ4v) is 4.35. The van der Waals surface area contributed by atoms with Crippen LogP contribution in [0.5, 0.6) is 0 Å². The van der Waals surface area contributed by atoms with Gasteiger partial charge in [-0.1, -0.05) is 30.3 Å². The molecule has 0 spiro atoms. The number of hydrogen-bond donors (Lipinski definition) is 2. The topological polar surface area (TPSA) is 110 Å². The van der Waals surface area contributed by atoms with Gasteiger partial charge in [-0.3, -0.25) is 14.7 Å². The highest BCUT2D eigenvalue weighted by Crippen LogP contribution is 2.41. The zero-order chi connectivity index (χ0) is 25.2. The number of hydrogen-bond acceptors (Lipinski definition) is 7. The van der Waals surface area contributed by atoms with E-state index in [-0.39, 0.29) is 12.5 Å². The lowest BCUT2D eigenvalue weighted by molar-refractivity contribution is 0.102. The monoisotopic (exact) mass is 486 g/mol. The molecule has 3 aromatic carbocycles. The van der Waals surface area contributed by atoms with Gasteiger partial charge in [0.05, 0.1) is 11.4 Å². The van der Waals surface area contributed by atoms with Crippen molar-refractivity contribution in [1.82, 2.24) is 15.0 Å². The summed E-state index contributed by atoms with van der Waals surface area (Å²) in [7, 11) is 0. The molecule has 3 aromatic heterocycles. The van der Waals surface area contributed by atoms with Crippen molar-refractivity contribution in [3.05, 3.63) is 115 Å². The highest BCUT2D eigenvalue weighted by Gasteiger charge is 2.20. The van der Waals surface area contributed by atoms with Gasteiger partial charge in [0.2, 0.25) is 0 Å². The van der Waals surface area contributed by atoms with Gasteiger partial charge in [0.1, 0.15) is 17.7 Å². The first-order valence-corrected chi connectivity index (χ1v) is 11.7. The van der Waals surface area contributed by atoms with Crippen LogP contribution in [0.25, 0.3) is 21.9 Å². The summed E-state index contributed by atoms with van der Waals surface area (Å²) in [5, 5.41) is 5.00. The molecule has 0 saturated heterocycles. The Bertz CT molecular complexity index is 1710. The first-order chi connectivity index (χ1) is 18.2. The van der Waals surface area contributed by atoms with Crippen LogP contribution in [0.4, 0.5) is 22.9 Å². The highest BCUT2D eigenvalue weighted by atomic mass is 16.3. The van der Waals surface area contributed by atoms with Crippen molar-refractivity contribution in [3.8, 4) is 0 Å². The number of pyridine rings is 1. The number of aromatic nitrogens is 3. The Labute approximate surface area is 212 Å². The first kappa shape index (κ1) is 22.4. The molecule has 0 unspecified atom stereocenters. The molecule has 180 valence electrons. The maximum absolute atomic E-state index is 12.8. The third-order valence-corrected chi connectivity index (χ3v) is 6.09. The Morgan fingerprint density at radius 2 is 1.73 bits per heavy atom. The minimum atomic E-state index is -0.232. The Morgan fingerprint density at radius 3 is 2.54 bits per heavy atom. The summed E-state index contributed by atoms with van der Waals surface area (Å²) in [6, 6.07) is 26.8. The molecule has 8 nitrogen and oxygen atoms in total. The van der Waals surface area contributed by atoms with Crippen LogP contribution in [0.15, 0.2) is 108 Å². The normalized spacial score (nSPS) is 11.1. The number of para-hydroxylation sites is 2. The highest BCUT2D eigenvalue weighted by molar-refractivity contribution is 6.10. The molecule has 0 radical (unpaired) electrons. The zero-order valence-corrected chi connectivity index (χ0v) is 19.7. The minimum Gasteiger partial charge on any atom is -0.454 e. The third-order valence-electron chi connectivity index (χ3n) is 6.09. The molecule has 0 fully saturated rings. The number of carbonyl (C=O) groups excluding carboxylic acids is 1. The van der Waals surface area contributed by atoms with Crippen molar-refractivity contribution >= 4 is 50.7 Å². The summed E-state index contributed by atoms with van der Waals surface area (Å²) < 4.78 is 6.30. The van der Waals surface area contributed by atoms with Crippen LogP contribution >= 0.6 is 0 Å². The summed E-state index contributed by atoms with van der Waals surface area (Å²) in [5.74, 6) is 0.454. The van der Waals surface area contributed by atoms with Gasteiger partial charge in [0.15, 0.2) is 5.58 Å². The van der Waals surface area contributed by atoms with Gasteiger partial charge in [-0.05, 0) is 54.6 Å². The summed E-state index contributed by atoms with van der Waals surface area (Å²) in [6.45, 7) is 0.271. The average Bonchev–Trinajstić information content (AvgIpc) is 3.34. The lowest BCUT2D eigenvalue weighted by Gasteiger charge is -2.24. The number of nitrogens with two attached hydrogens (primary N) is 1. The zero-order valence-electron chi connectivity index (χ0n) is 19.7. The molecule has 3 heterocycles. The summed E-state index contributed by atoms with van der Waals surface area (Å²) in [4.78, 5) is 27.5. The summed E-state index contributed by atoms with van der Waals surface area (Å²) in [6.07, 6.45) is 4.80. The Hall–Kier alpha value is -5.08. The predicted molar refractivity (Wildman–Crippen MR) is 144 cm³/mol. The molecule has 0 saturated carbocycles. The van der Waals surface area contributed by atoms with Crippen LogP contribution in [0.2, 0.25) is 0 Å². The van der Waals surface area contributed by atoms with E-state index in [1.165, 1.54) is 6.33 Å². The molecular formula is C29H22N6O2. The number of amides is 1. The van der Waals surface area contributed by atoms with E-state index in [1.54, 1.807) is 24.5 Å². The molecule has 0 aliphatic rings. The van der Waals surface area contributed by atoms with Gasteiger partial charge >= 0.3 is 0 Å². The Morgan fingerprint density at radius 1 is 0.892 bits per heavy atom. The number of carbonyl (C=O) groups is 1. The second kappa shape index (κ2) is 9.52. The standard InChI is InChI=1S/C29H22N6O2/c30-17-21-16-19(12-15-32-21)29(36)34-20-8-10-22(11-9-20)35(27-13-14-31-18-33-27)25-6-3-5-24-23-4-1-2-7-26(23)37-28(24)25/h1-16,18H,17,30H2,(H,34,36). The molecule has 0 aliphatic heterocycles. The maximum Gasteiger partial charge on any atom is 0.255 e. The van der Waals surface area contributed by atoms with Crippen molar-refractivity contribution in [2.45, 2.75) is 6.54 Å². The van der Waals surface area contributed by atoms with Crippen LogP contribution in [0.1, 0.15) is 16.1 Å². The SMILES string of the molecule is NCc1cc(C(=O)Nc2ccc(N(c3ccncn3)c3cccc4c3oc3ccccc34)cc2)ccn1. The fraction of sp³-hybridized carbons (Fsp3) is 0.0345. The van der Waals surface area contributed by atoms with E-state index in [9.17, 15) is 4.79 Å². The van der Waals surface area contributed by atoms with Crippen LogP contribution in [0, 0.1) is 0 Å². The van der Waals surface area contributed by atoms with Gasteiger partial charge in [-0.15, -0.1) is 0 Å². The molecule has 3 N–H and O–H groups in total. The van der Waals surface area contributed by atoms with Crippen LogP contribution in [0.3, 0.4) is 0 Å². The number of furan rings is 1. The third kappa shape index (κ3) is 4.26. The minimum absolute atomic E-state index is 0.232. The van der Waals surface area contributed by atoms with E-state index in [1.807, 2.05) is 65.6 Å². The largest absolute Gasteiger partial charge is 0.454 e. The lowest BCUT2D eigenvalue weighted by Crippen LogP contribution is -2.14. The molecule has 8 heteroatoms. The van der Waals surface area contributed by atoms with E-state index >= 15 is 0 Å². The van der Waals surface area contributed by atoms with E-state index in [4.69, 9.17) is 10.2 Å². The van der Waals surface area contributed by atoms with Gasteiger partial charge in [-0.25, -0.2) is 9.97 Å². The first-order valence-electron chi connectivity index (χ1n) is 11.7. The molecule has 6 rings (SSSR count). The van der Waals surface area contributed by atoms with Crippen molar-refractivity contribution in [3.63, 3.8) is 0 Å². The van der Waals surface area contributed by atoms with Gasteiger partial charge in [0.25, 0.3) is 5.91 Å². The summed E-state index contributed by atoms with van der Waals surface area (Å²) >= 11 is 0. The van der Waals surface area contributed by atoms with E-state index < -0.39 is 0 Å². The second-order valence-electron chi connectivity index (χ2n) is 8.40. The second-order valence-corrected chi connectivity index (χ2v) is 8.40. The van der Waals surface area contributed by atoms with Crippen LogP contribution in [-0.4, -0.2) is 20.9 Å². The van der Waals surface area contributed by atoms with E-state index in [0.717, 1.165) is 33.3 Å². The smallest absolute Gasteiger partial charge is 0.255 e. The van der Waals surface area contributed by atoms with E-state index in [2.05, 4.69) is 32.4 Å². The number of fused-ring (bicyclic) bond motifs is 3. The van der Waals surface area contributed by atoms with E-state index in [0.29, 0.717) is 22.8 Å². The van der Waals surface area contributed by atoms with Crippen LogP contribution in [-0.2, 0) is 6.54 Å². The number of nitrogens with one attached hydrogen (secondary N) is 1. The molecule has 0 aliphatic carbocycles. The quantitative estimate of drug-likeness (QED) is 0.299. The average molecular weight is 487 g/mol. The van der Waals surface area contributed by atoms with Gasteiger partial charge in [-0.2, -0.15) is 0 Å². The summed E-state index contributed by atoms with van der Waals surface area (Å²) in [5.41, 5.74) is 10.7. The molecule has 0 atom stereocenters. The number of benzene rings is 3. The number of rotatable bonds is 6. The molecule has 6 aromatic rings. The predicted octanol–water partition coefficient (Wildman–Crippen LogP) is 5.95.